The molecule has 1 atom stereocenters. The Bertz CT molecular complexity index is 371. The number of amides is 1. The van der Waals surface area contributed by atoms with Crippen molar-refractivity contribution in [2.45, 2.75) is 26.3 Å². The van der Waals surface area contributed by atoms with Crippen molar-refractivity contribution in [1.82, 2.24) is 4.98 Å². The van der Waals surface area contributed by atoms with Gasteiger partial charge in [0.15, 0.2) is 0 Å². The van der Waals surface area contributed by atoms with Crippen LogP contribution in [0.25, 0.3) is 0 Å². The van der Waals surface area contributed by atoms with Crippen LogP contribution in [0.3, 0.4) is 0 Å². The molecule has 4 nitrogen and oxygen atoms in total. The van der Waals surface area contributed by atoms with Crippen molar-refractivity contribution in [3.8, 4) is 0 Å². The van der Waals surface area contributed by atoms with Gasteiger partial charge in [-0.1, -0.05) is 6.92 Å². The minimum Gasteiger partial charge on any atom is -0.382 e. The van der Waals surface area contributed by atoms with Crippen molar-refractivity contribution < 1.29 is 4.79 Å². The first kappa shape index (κ1) is 13.8. The van der Waals surface area contributed by atoms with Gasteiger partial charge in [0.25, 0.3) is 5.91 Å². The number of aromatic nitrogens is 1. The lowest BCUT2D eigenvalue weighted by molar-refractivity contribution is 0.0995. The van der Waals surface area contributed by atoms with E-state index >= 15 is 0 Å². The molecule has 0 saturated carbocycles. The van der Waals surface area contributed by atoms with Gasteiger partial charge in [0.1, 0.15) is 5.69 Å². The summed E-state index contributed by atoms with van der Waals surface area (Å²) in [5, 5.41) is 3.33. The molecule has 0 aromatic carbocycles. The van der Waals surface area contributed by atoms with E-state index in [1.807, 2.05) is 17.8 Å². The summed E-state index contributed by atoms with van der Waals surface area (Å²) in [6.45, 7) is 4.28. The van der Waals surface area contributed by atoms with E-state index in [1.54, 1.807) is 12.3 Å². The van der Waals surface area contributed by atoms with Crippen LogP contribution in [0.4, 0.5) is 5.69 Å². The molecule has 17 heavy (non-hydrogen) atoms. The molecule has 1 unspecified atom stereocenters. The van der Waals surface area contributed by atoms with E-state index in [2.05, 4.69) is 24.1 Å². The van der Waals surface area contributed by atoms with Crippen LogP contribution in [-0.4, -0.2) is 28.4 Å². The number of carbonyl (C=O) groups is 1. The quantitative estimate of drug-likeness (QED) is 0.730. The molecular formula is C12H19N3OS. The Hall–Kier alpha value is -1.23. The first-order valence-corrected chi connectivity index (χ1v) is 6.89. The van der Waals surface area contributed by atoms with Gasteiger partial charge in [-0.3, -0.25) is 9.78 Å². The Morgan fingerprint density at radius 1 is 1.65 bits per heavy atom. The Morgan fingerprint density at radius 3 is 3.06 bits per heavy atom. The number of nitrogens with one attached hydrogen (secondary N) is 1. The highest BCUT2D eigenvalue weighted by atomic mass is 32.2. The van der Waals surface area contributed by atoms with Crippen molar-refractivity contribution >= 4 is 23.4 Å². The fourth-order valence-corrected chi connectivity index (χ4v) is 2.23. The summed E-state index contributed by atoms with van der Waals surface area (Å²) in [4.78, 5) is 14.9. The normalized spacial score (nSPS) is 12.1. The first-order valence-electron chi connectivity index (χ1n) is 5.73. The van der Waals surface area contributed by atoms with Crippen molar-refractivity contribution in [3.05, 3.63) is 24.0 Å². The third-order valence-corrected chi connectivity index (χ3v) is 3.26. The number of hydrogen-bond donors (Lipinski definition) is 2. The number of anilines is 1. The van der Waals surface area contributed by atoms with Crippen LogP contribution < -0.4 is 11.1 Å². The molecule has 1 aromatic heterocycles. The summed E-state index contributed by atoms with van der Waals surface area (Å²) in [5.74, 6) is 1.79. The van der Waals surface area contributed by atoms with E-state index in [9.17, 15) is 4.79 Å². The van der Waals surface area contributed by atoms with Gasteiger partial charge >= 0.3 is 0 Å². The highest BCUT2D eigenvalue weighted by Crippen LogP contribution is 2.12. The number of nitrogens with zero attached hydrogens (tertiary/aromatic N) is 1. The summed E-state index contributed by atoms with van der Waals surface area (Å²) in [6.07, 6.45) is 2.68. The van der Waals surface area contributed by atoms with Gasteiger partial charge in [0.2, 0.25) is 0 Å². The third-order valence-electron chi connectivity index (χ3n) is 2.32. The van der Waals surface area contributed by atoms with Gasteiger partial charge in [-0.2, -0.15) is 11.8 Å². The number of carbonyl (C=O) groups excluding carboxylic acids is 1. The lowest BCUT2D eigenvalue weighted by Gasteiger charge is -2.15. The topological polar surface area (TPSA) is 68.0 Å². The zero-order chi connectivity index (χ0) is 12.7. The Morgan fingerprint density at radius 2 is 2.41 bits per heavy atom. The monoisotopic (exact) mass is 253 g/mol. The largest absolute Gasteiger partial charge is 0.382 e. The summed E-state index contributed by atoms with van der Waals surface area (Å²) in [5.41, 5.74) is 6.37. The van der Waals surface area contributed by atoms with Crippen molar-refractivity contribution in [3.63, 3.8) is 0 Å². The fraction of sp³-hybridized carbons (Fsp3) is 0.500. The molecule has 0 aliphatic carbocycles. The summed E-state index contributed by atoms with van der Waals surface area (Å²) in [6, 6.07) is 3.90. The average Bonchev–Trinajstić information content (AvgIpc) is 2.29. The molecule has 1 rings (SSSR count). The average molecular weight is 253 g/mol. The van der Waals surface area contributed by atoms with Gasteiger partial charge in [-0.25, -0.2) is 0 Å². The van der Waals surface area contributed by atoms with Gasteiger partial charge in [-0.05, 0) is 37.0 Å². The molecule has 0 aliphatic heterocycles. The maximum atomic E-state index is 11.0. The molecular weight excluding hydrogens is 234 g/mol. The molecule has 0 radical (unpaired) electrons. The SMILES string of the molecule is CCSCCC(C)Nc1ccnc(C(N)=O)c1. The fourth-order valence-electron chi connectivity index (χ4n) is 1.42. The van der Waals surface area contributed by atoms with Crippen LogP contribution in [0, 0.1) is 0 Å². The summed E-state index contributed by atoms with van der Waals surface area (Å²) >= 11 is 1.93. The molecule has 0 bridgehead atoms. The number of primary amides is 1. The van der Waals surface area contributed by atoms with Gasteiger partial charge in [0, 0.05) is 17.9 Å². The van der Waals surface area contributed by atoms with Gasteiger partial charge < -0.3 is 11.1 Å². The maximum absolute atomic E-state index is 11.0. The highest BCUT2D eigenvalue weighted by Gasteiger charge is 2.05. The predicted octanol–water partition coefficient (Wildman–Crippen LogP) is 2.12. The Labute approximate surface area is 106 Å². The molecule has 94 valence electrons. The molecule has 0 fully saturated rings. The van der Waals surface area contributed by atoms with Crippen LogP contribution >= 0.6 is 11.8 Å². The summed E-state index contributed by atoms with van der Waals surface area (Å²) in [7, 11) is 0. The molecule has 0 saturated heterocycles. The minimum absolute atomic E-state index is 0.296. The van der Waals surface area contributed by atoms with Crippen molar-refractivity contribution in [2.75, 3.05) is 16.8 Å². The van der Waals surface area contributed by atoms with Crippen LogP contribution in [-0.2, 0) is 0 Å². The molecule has 0 aliphatic rings. The van der Waals surface area contributed by atoms with Crippen LogP contribution in [0.1, 0.15) is 30.8 Å². The van der Waals surface area contributed by atoms with Crippen LogP contribution in [0.15, 0.2) is 18.3 Å². The molecule has 5 heteroatoms. The van der Waals surface area contributed by atoms with Crippen molar-refractivity contribution in [2.24, 2.45) is 5.73 Å². The highest BCUT2D eigenvalue weighted by molar-refractivity contribution is 7.99. The van der Waals surface area contributed by atoms with Gasteiger partial charge in [-0.15, -0.1) is 0 Å². The van der Waals surface area contributed by atoms with E-state index < -0.39 is 5.91 Å². The Balaban J connectivity index is 2.50. The predicted molar refractivity (Wildman–Crippen MR) is 73.5 cm³/mol. The Kier molecular flexibility index (Phi) is 5.83. The van der Waals surface area contributed by atoms with E-state index in [1.165, 1.54) is 0 Å². The summed E-state index contributed by atoms with van der Waals surface area (Å²) < 4.78 is 0. The molecule has 1 heterocycles. The first-order chi connectivity index (χ1) is 8.13. The standard InChI is InChI=1S/C12H19N3OS/c1-3-17-7-5-9(2)15-10-4-6-14-11(8-10)12(13)16/h4,6,8-9H,3,5,7H2,1-2H3,(H2,13,16)(H,14,15). The number of nitrogens with two attached hydrogens (primary N) is 1. The lowest BCUT2D eigenvalue weighted by atomic mass is 10.2. The number of hydrogen-bond acceptors (Lipinski definition) is 4. The van der Waals surface area contributed by atoms with E-state index in [-0.39, 0.29) is 0 Å². The van der Waals surface area contributed by atoms with E-state index in [4.69, 9.17) is 5.73 Å². The third kappa shape index (κ3) is 5.08. The molecule has 1 aromatic rings. The molecule has 0 spiro atoms. The van der Waals surface area contributed by atoms with Gasteiger partial charge in [0.05, 0.1) is 0 Å². The lowest BCUT2D eigenvalue weighted by Crippen LogP contribution is -2.18. The molecule has 1 amide bonds. The smallest absolute Gasteiger partial charge is 0.267 e. The second-order valence-electron chi connectivity index (χ2n) is 3.82. The number of pyridine rings is 1. The van der Waals surface area contributed by atoms with E-state index in [0.29, 0.717) is 11.7 Å². The number of thioether (sulfide) groups is 1. The maximum Gasteiger partial charge on any atom is 0.267 e. The zero-order valence-corrected chi connectivity index (χ0v) is 11.1. The van der Waals surface area contributed by atoms with Crippen LogP contribution in [0.5, 0.6) is 0 Å². The second-order valence-corrected chi connectivity index (χ2v) is 5.22. The van der Waals surface area contributed by atoms with Crippen molar-refractivity contribution in [1.29, 1.82) is 0 Å². The zero-order valence-electron chi connectivity index (χ0n) is 10.3. The molecule has 3 N–H and O–H groups in total. The van der Waals surface area contributed by atoms with E-state index in [0.717, 1.165) is 23.6 Å². The minimum atomic E-state index is -0.497. The number of rotatable bonds is 7. The second kappa shape index (κ2) is 7.17. The van der Waals surface area contributed by atoms with Crippen LogP contribution in [0.2, 0.25) is 0 Å².